The van der Waals surface area contributed by atoms with Gasteiger partial charge in [-0.05, 0) is 36.2 Å². The van der Waals surface area contributed by atoms with E-state index in [9.17, 15) is 0 Å². The van der Waals surface area contributed by atoms with Crippen molar-refractivity contribution in [1.82, 2.24) is 10.3 Å². The highest BCUT2D eigenvalue weighted by molar-refractivity contribution is 9.10. The van der Waals surface area contributed by atoms with Crippen molar-refractivity contribution in [2.45, 2.75) is 19.5 Å². The lowest BCUT2D eigenvalue weighted by atomic mass is 10.1. The third kappa shape index (κ3) is 2.97. The highest BCUT2D eigenvalue weighted by Gasteiger charge is 2.04. The minimum absolute atomic E-state index is 0.354. The first kappa shape index (κ1) is 11.4. The summed E-state index contributed by atoms with van der Waals surface area (Å²) >= 11 is 3.49. The molecule has 2 N–H and O–H groups in total. The second kappa shape index (κ2) is 5.32. The van der Waals surface area contributed by atoms with E-state index < -0.39 is 0 Å². The predicted molar refractivity (Wildman–Crippen MR) is 70.2 cm³/mol. The number of H-pyrrole nitrogens is 1. The molecule has 1 heterocycles. The third-order valence-electron chi connectivity index (χ3n) is 2.62. The highest BCUT2D eigenvalue weighted by Crippen LogP contribution is 2.18. The minimum atomic E-state index is 0.354. The van der Waals surface area contributed by atoms with Gasteiger partial charge in [0.05, 0.1) is 0 Å². The van der Waals surface area contributed by atoms with Crippen LogP contribution in [0.1, 0.15) is 24.1 Å². The Morgan fingerprint density at radius 3 is 2.94 bits per heavy atom. The van der Waals surface area contributed by atoms with Crippen molar-refractivity contribution in [3.05, 3.63) is 58.3 Å². The summed E-state index contributed by atoms with van der Waals surface area (Å²) in [4.78, 5) is 3.05. The van der Waals surface area contributed by atoms with Crippen LogP contribution in [0.25, 0.3) is 0 Å². The summed E-state index contributed by atoms with van der Waals surface area (Å²) in [5, 5.41) is 3.49. The van der Waals surface area contributed by atoms with Crippen LogP contribution in [0.2, 0.25) is 0 Å². The van der Waals surface area contributed by atoms with E-state index in [4.69, 9.17) is 0 Å². The lowest BCUT2D eigenvalue weighted by Gasteiger charge is -2.13. The maximum absolute atomic E-state index is 3.49. The Hall–Kier alpha value is -1.06. The molecule has 2 nitrogen and oxygen atoms in total. The Labute approximate surface area is 104 Å². The van der Waals surface area contributed by atoms with Crippen LogP contribution < -0.4 is 5.32 Å². The van der Waals surface area contributed by atoms with Gasteiger partial charge in [0.15, 0.2) is 0 Å². The Bertz CT molecular complexity index is 437. The summed E-state index contributed by atoms with van der Waals surface area (Å²) in [6, 6.07) is 10.8. The number of aromatic amines is 1. The van der Waals surface area contributed by atoms with Crippen LogP contribution in [-0.2, 0) is 6.54 Å². The minimum Gasteiger partial charge on any atom is -0.367 e. The molecule has 0 aliphatic rings. The van der Waals surface area contributed by atoms with Crippen molar-refractivity contribution >= 4 is 15.9 Å². The van der Waals surface area contributed by atoms with Gasteiger partial charge in [-0.25, -0.2) is 0 Å². The van der Waals surface area contributed by atoms with Crippen LogP contribution >= 0.6 is 15.9 Å². The molecule has 0 bridgehead atoms. The largest absolute Gasteiger partial charge is 0.367 e. The average molecular weight is 279 g/mol. The molecule has 2 rings (SSSR count). The van der Waals surface area contributed by atoms with Crippen molar-refractivity contribution in [2.24, 2.45) is 0 Å². The molecule has 0 saturated carbocycles. The van der Waals surface area contributed by atoms with E-state index in [1.165, 1.54) is 11.1 Å². The molecule has 1 aromatic carbocycles. The number of rotatable bonds is 4. The summed E-state index contributed by atoms with van der Waals surface area (Å²) in [6.07, 6.45) is 3.96. The normalized spacial score (nSPS) is 12.6. The van der Waals surface area contributed by atoms with Crippen molar-refractivity contribution in [1.29, 1.82) is 0 Å². The molecule has 84 valence electrons. The number of benzene rings is 1. The molecule has 1 atom stereocenters. The van der Waals surface area contributed by atoms with Gasteiger partial charge in [-0.1, -0.05) is 28.1 Å². The van der Waals surface area contributed by atoms with Crippen molar-refractivity contribution in [3.63, 3.8) is 0 Å². The molecule has 1 unspecified atom stereocenters. The number of nitrogens with one attached hydrogen (secondary N) is 2. The molecule has 1 aromatic heterocycles. The van der Waals surface area contributed by atoms with Crippen LogP contribution in [-0.4, -0.2) is 4.98 Å². The fourth-order valence-corrected chi connectivity index (χ4v) is 2.05. The first-order valence-corrected chi connectivity index (χ1v) is 6.15. The number of halogens is 1. The number of hydrogen-bond acceptors (Lipinski definition) is 1. The zero-order chi connectivity index (χ0) is 11.4. The van der Waals surface area contributed by atoms with Gasteiger partial charge >= 0.3 is 0 Å². The van der Waals surface area contributed by atoms with E-state index in [0.717, 1.165) is 11.0 Å². The summed E-state index contributed by atoms with van der Waals surface area (Å²) in [6.45, 7) is 3.06. The summed E-state index contributed by atoms with van der Waals surface area (Å²) in [5.74, 6) is 0. The first-order chi connectivity index (χ1) is 7.75. The fourth-order valence-electron chi connectivity index (χ4n) is 1.63. The topological polar surface area (TPSA) is 27.8 Å². The fraction of sp³-hybridized carbons (Fsp3) is 0.231. The van der Waals surface area contributed by atoms with E-state index in [1.807, 2.05) is 18.5 Å². The molecule has 0 aliphatic carbocycles. The molecule has 0 fully saturated rings. The lowest BCUT2D eigenvalue weighted by molar-refractivity contribution is 0.575. The van der Waals surface area contributed by atoms with Gasteiger partial charge in [0.1, 0.15) is 0 Å². The van der Waals surface area contributed by atoms with E-state index >= 15 is 0 Å². The van der Waals surface area contributed by atoms with Crippen LogP contribution in [0.3, 0.4) is 0 Å². The van der Waals surface area contributed by atoms with Gasteiger partial charge in [0, 0.05) is 29.5 Å². The Kier molecular flexibility index (Phi) is 3.80. The van der Waals surface area contributed by atoms with Gasteiger partial charge in [-0.15, -0.1) is 0 Å². The Balaban J connectivity index is 1.95. The second-order valence-electron chi connectivity index (χ2n) is 3.88. The van der Waals surface area contributed by atoms with Crippen molar-refractivity contribution in [2.75, 3.05) is 0 Å². The molecule has 2 aromatic rings. The molecule has 16 heavy (non-hydrogen) atoms. The lowest BCUT2D eigenvalue weighted by Crippen LogP contribution is -2.17. The van der Waals surface area contributed by atoms with Crippen LogP contribution in [0, 0.1) is 0 Å². The van der Waals surface area contributed by atoms with E-state index in [1.54, 1.807) is 0 Å². The highest BCUT2D eigenvalue weighted by atomic mass is 79.9. The maximum atomic E-state index is 3.49. The van der Waals surface area contributed by atoms with E-state index in [-0.39, 0.29) is 0 Å². The zero-order valence-corrected chi connectivity index (χ0v) is 10.8. The maximum Gasteiger partial charge on any atom is 0.0295 e. The summed E-state index contributed by atoms with van der Waals surface area (Å²) in [7, 11) is 0. The standard InChI is InChI=1S/C13H15BrN2/c1-10(12-3-2-4-13(14)7-12)16-9-11-5-6-15-8-11/h2-8,10,15-16H,9H2,1H3. The molecular weight excluding hydrogens is 264 g/mol. The van der Waals surface area contributed by atoms with Crippen molar-refractivity contribution < 1.29 is 0 Å². The van der Waals surface area contributed by atoms with Gasteiger partial charge in [-0.3, -0.25) is 0 Å². The van der Waals surface area contributed by atoms with E-state index in [0.29, 0.717) is 6.04 Å². The van der Waals surface area contributed by atoms with E-state index in [2.05, 4.69) is 57.4 Å². The molecule has 0 spiro atoms. The molecule has 0 radical (unpaired) electrons. The zero-order valence-electron chi connectivity index (χ0n) is 9.20. The predicted octanol–water partition coefficient (Wildman–Crippen LogP) is 3.63. The van der Waals surface area contributed by atoms with Crippen LogP contribution in [0.5, 0.6) is 0 Å². The third-order valence-corrected chi connectivity index (χ3v) is 3.12. The quantitative estimate of drug-likeness (QED) is 0.878. The first-order valence-electron chi connectivity index (χ1n) is 5.36. The molecule has 0 aliphatic heterocycles. The van der Waals surface area contributed by atoms with Crippen LogP contribution in [0.4, 0.5) is 0 Å². The molecule has 0 amide bonds. The van der Waals surface area contributed by atoms with Gasteiger partial charge in [0.25, 0.3) is 0 Å². The Morgan fingerprint density at radius 2 is 2.25 bits per heavy atom. The number of aromatic nitrogens is 1. The molecule has 0 saturated heterocycles. The number of hydrogen-bond donors (Lipinski definition) is 2. The monoisotopic (exact) mass is 278 g/mol. The van der Waals surface area contributed by atoms with Crippen LogP contribution in [0.15, 0.2) is 47.2 Å². The average Bonchev–Trinajstić information content (AvgIpc) is 2.78. The van der Waals surface area contributed by atoms with Gasteiger partial charge in [-0.2, -0.15) is 0 Å². The Morgan fingerprint density at radius 1 is 1.38 bits per heavy atom. The second-order valence-corrected chi connectivity index (χ2v) is 4.79. The van der Waals surface area contributed by atoms with Crippen molar-refractivity contribution in [3.8, 4) is 0 Å². The SMILES string of the molecule is CC(NCc1cc[nH]c1)c1cccc(Br)c1. The smallest absolute Gasteiger partial charge is 0.0295 e. The molecular formula is C13H15BrN2. The summed E-state index contributed by atoms with van der Waals surface area (Å²) in [5.41, 5.74) is 2.58. The molecule has 3 heteroatoms. The van der Waals surface area contributed by atoms with Gasteiger partial charge < -0.3 is 10.3 Å². The van der Waals surface area contributed by atoms with Gasteiger partial charge in [0.2, 0.25) is 0 Å². The summed E-state index contributed by atoms with van der Waals surface area (Å²) < 4.78 is 1.13.